The van der Waals surface area contributed by atoms with E-state index in [1.165, 1.54) is 0 Å². The number of alkyl halides is 1. The zero-order chi connectivity index (χ0) is 9.97. The lowest BCUT2D eigenvalue weighted by Gasteiger charge is -1.92. The van der Waals surface area contributed by atoms with Gasteiger partial charge in [0, 0.05) is 0 Å². The zero-order valence-electron chi connectivity index (χ0n) is 7.16. The fourth-order valence-electron chi connectivity index (χ4n) is 1.08. The monoisotopic (exact) mass is 194 g/mol. The first-order chi connectivity index (χ1) is 6.79. The summed E-state index contributed by atoms with van der Waals surface area (Å²) in [6.45, 7) is -1.08. The van der Waals surface area contributed by atoms with E-state index in [2.05, 4.69) is 10.3 Å². The number of anilines is 1. The molecule has 72 valence electrons. The van der Waals surface area contributed by atoms with Gasteiger partial charge in [-0.15, -0.1) is 0 Å². The fourth-order valence-corrected chi connectivity index (χ4v) is 1.08. The molecule has 4 nitrogen and oxygen atoms in total. The van der Waals surface area contributed by atoms with Gasteiger partial charge in [-0.25, -0.2) is 4.39 Å². The van der Waals surface area contributed by atoms with Gasteiger partial charge in [0.25, 0.3) is 5.91 Å². The van der Waals surface area contributed by atoms with Crippen molar-refractivity contribution in [3.05, 3.63) is 24.3 Å². The lowest BCUT2D eigenvalue weighted by molar-refractivity contribution is -0.117. The fraction of sp³-hybridized carbons (Fsp3) is 0.111. The molecule has 2 aromatic rings. The number of para-hydroxylation sites is 2. The van der Waals surface area contributed by atoms with Gasteiger partial charge in [0.05, 0.1) is 0 Å². The highest BCUT2D eigenvalue weighted by atomic mass is 19.1. The maximum Gasteiger partial charge on any atom is 0.302 e. The van der Waals surface area contributed by atoms with Crippen molar-refractivity contribution in [1.29, 1.82) is 0 Å². The number of nitrogens with one attached hydrogen (secondary N) is 1. The molecule has 0 aliphatic rings. The SMILES string of the molecule is O=C(CF)Nc1nc2ccccc2o1. The number of amides is 1. The number of hydrogen-bond acceptors (Lipinski definition) is 3. The molecule has 0 atom stereocenters. The van der Waals surface area contributed by atoms with E-state index in [0.29, 0.717) is 11.1 Å². The van der Waals surface area contributed by atoms with E-state index < -0.39 is 12.6 Å². The van der Waals surface area contributed by atoms with Crippen molar-refractivity contribution in [2.45, 2.75) is 0 Å². The third kappa shape index (κ3) is 1.56. The van der Waals surface area contributed by atoms with Crippen molar-refractivity contribution in [2.75, 3.05) is 12.0 Å². The topological polar surface area (TPSA) is 55.1 Å². The summed E-state index contributed by atoms with van der Waals surface area (Å²) in [6, 6.07) is 7.06. The van der Waals surface area contributed by atoms with Crippen LogP contribution in [0.3, 0.4) is 0 Å². The van der Waals surface area contributed by atoms with E-state index in [-0.39, 0.29) is 6.01 Å². The normalized spacial score (nSPS) is 10.4. The Labute approximate surface area is 78.7 Å². The standard InChI is InChI=1S/C9H7FN2O2/c10-5-8(13)12-9-11-6-3-1-2-4-7(6)14-9/h1-4H,5H2,(H,11,12,13). The molecule has 1 aromatic carbocycles. The summed E-state index contributed by atoms with van der Waals surface area (Å²) in [6.07, 6.45) is 0. The quantitative estimate of drug-likeness (QED) is 0.792. The minimum atomic E-state index is -1.08. The smallest absolute Gasteiger partial charge is 0.302 e. The molecule has 14 heavy (non-hydrogen) atoms. The third-order valence-corrected chi connectivity index (χ3v) is 1.66. The molecule has 1 heterocycles. The second kappa shape index (κ2) is 3.45. The van der Waals surface area contributed by atoms with Crippen LogP contribution < -0.4 is 5.32 Å². The molecule has 0 radical (unpaired) electrons. The molecule has 1 N–H and O–H groups in total. The van der Waals surface area contributed by atoms with Gasteiger partial charge < -0.3 is 4.42 Å². The Morgan fingerprint density at radius 3 is 3.00 bits per heavy atom. The van der Waals surface area contributed by atoms with E-state index in [1.807, 2.05) is 0 Å². The highest BCUT2D eigenvalue weighted by molar-refractivity contribution is 5.90. The number of carbonyl (C=O) groups excluding carboxylic acids is 1. The van der Waals surface area contributed by atoms with Crippen LogP contribution in [0, 0.1) is 0 Å². The van der Waals surface area contributed by atoms with Gasteiger partial charge in [-0.05, 0) is 12.1 Å². The number of hydrogen-bond donors (Lipinski definition) is 1. The van der Waals surface area contributed by atoms with Crippen LogP contribution in [-0.4, -0.2) is 17.6 Å². The van der Waals surface area contributed by atoms with Gasteiger partial charge in [0.15, 0.2) is 12.3 Å². The summed E-state index contributed by atoms with van der Waals surface area (Å²) in [5.74, 6) is -0.767. The Bertz CT molecular complexity index is 434. The van der Waals surface area contributed by atoms with Crippen molar-refractivity contribution in [3.8, 4) is 0 Å². The highest BCUT2D eigenvalue weighted by Crippen LogP contribution is 2.17. The number of fused-ring (bicyclic) bond motifs is 1. The molecule has 0 aliphatic heterocycles. The van der Waals surface area contributed by atoms with E-state index in [1.54, 1.807) is 24.3 Å². The summed E-state index contributed by atoms with van der Waals surface area (Å²) in [7, 11) is 0. The molecule has 0 unspecified atom stereocenters. The van der Waals surface area contributed by atoms with Gasteiger partial charge in [-0.2, -0.15) is 4.98 Å². The van der Waals surface area contributed by atoms with E-state index >= 15 is 0 Å². The van der Waals surface area contributed by atoms with Gasteiger partial charge in [0.2, 0.25) is 0 Å². The van der Waals surface area contributed by atoms with Crippen LogP contribution in [0.15, 0.2) is 28.7 Å². The van der Waals surface area contributed by atoms with Crippen molar-refractivity contribution in [1.82, 2.24) is 4.98 Å². The highest BCUT2D eigenvalue weighted by Gasteiger charge is 2.07. The van der Waals surface area contributed by atoms with Crippen LogP contribution in [-0.2, 0) is 4.79 Å². The number of benzene rings is 1. The Balaban J connectivity index is 2.31. The first kappa shape index (κ1) is 8.68. The van der Waals surface area contributed by atoms with Crippen molar-refractivity contribution >= 4 is 23.0 Å². The predicted octanol–water partition coefficient (Wildman–Crippen LogP) is 1.74. The number of oxazole rings is 1. The molecule has 0 spiro atoms. The predicted molar refractivity (Wildman–Crippen MR) is 48.6 cm³/mol. The summed E-state index contributed by atoms with van der Waals surface area (Å²) in [5, 5.41) is 2.19. The van der Waals surface area contributed by atoms with Crippen LogP contribution >= 0.6 is 0 Å². The number of aromatic nitrogens is 1. The average Bonchev–Trinajstić information content (AvgIpc) is 2.59. The zero-order valence-corrected chi connectivity index (χ0v) is 7.16. The maximum atomic E-state index is 11.8. The molecular weight excluding hydrogens is 187 g/mol. The Morgan fingerprint density at radius 1 is 1.50 bits per heavy atom. The van der Waals surface area contributed by atoms with Gasteiger partial charge in [0.1, 0.15) is 5.52 Å². The van der Waals surface area contributed by atoms with Crippen molar-refractivity contribution in [2.24, 2.45) is 0 Å². The van der Waals surface area contributed by atoms with Gasteiger partial charge >= 0.3 is 6.01 Å². The van der Waals surface area contributed by atoms with Crippen LogP contribution in [0.4, 0.5) is 10.4 Å². The molecule has 0 aliphatic carbocycles. The van der Waals surface area contributed by atoms with Crippen LogP contribution in [0.2, 0.25) is 0 Å². The van der Waals surface area contributed by atoms with Crippen molar-refractivity contribution in [3.63, 3.8) is 0 Å². The minimum absolute atomic E-state index is 0.0221. The molecule has 0 bridgehead atoms. The average molecular weight is 194 g/mol. The van der Waals surface area contributed by atoms with Crippen LogP contribution in [0.1, 0.15) is 0 Å². The molecule has 2 rings (SSSR count). The second-order valence-electron chi connectivity index (χ2n) is 2.67. The Hall–Kier alpha value is -1.91. The first-order valence-corrected chi connectivity index (χ1v) is 4.01. The summed E-state index contributed by atoms with van der Waals surface area (Å²) in [5.41, 5.74) is 1.18. The van der Waals surface area contributed by atoms with Crippen LogP contribution in [0.5, 0.6) is 0 Å². The molecule has 5 heteroatoms. The van der Waals surface area contributed by atoms with E-state index in [9.17, 15) is 9.18 Å². The Kier molecular flexibility index (Phi) is 2.14. The number of nitrogens with zero attached hydrogens (tertiary/aromatic N) is 1. The molecule has 0 saturated heterocycles. The molecular formula is C9H7FN2O2. The third-order valence-electron chi connectivity index (χ3n) is 1.66. The largest absolute Gasteiger partial charge is 0.423 e. The summed E-state index contributed by atoms with van der Waals surface area (Å²) >= 11 is 0. The summed E-state index contributed by atoms with van der Waals surface area (Å²) in [4.78, 5) is 14.6. The molecule has 1 amide bonds. The number of carbonyl (C=O) groups is 1. The first-order valence-electron chi connectivity index (χ1n) is 4.01. The Morgan fingerprint density at radius 2 is 2.29 bits per heavy atom. The lowest BCUT2D eigenvalue weighted by Crippen LogP contribution is -2.13. The minimum Gasteiger partial charge on any atom is -0.423 e. The summed E-state index contributed by atoms with van der Waals surface area (Å²) < 4.78 is 17.0. The molecule has 0 fully saturated rings. The van der Waals surface area contributed by atoms with Crippen LogP contribution in [0.25, 0.3) is 11.1 Å². The van der Waals surface area contributed by atoms with Gasteiger partial charge in [-0.1, -0.05) is 12.1 Å². The second-order valence-corrected chi connectivity index (χ2v) is 2.67. The number of rotatable bonds is 2. The number of halogens is 1. The molecule has 0 saturated carbocycles. The van der Waals surface area contributed by atoms with E-state index in [4.69, 9.17) is 4.42 Å². The lowest BCUT2D eigenvalue weighted by atomic mass is 10.3. The van der Waals surface area contributed by atoms with E-state index in [0.717, 1.165) is 0 Å². The molecule has 1 aromatic heterocycles. The van der Waals surface area contributed by atoms with Gasteiger partial charge in [-0.3, -0.25) is 10.1 Å². The van der Waals surface area contributed by atoms with Crippen molar-refractivity contribution < 1.29 is 13.6 Å². The maximum absolute atomic E-state index is 11.8.